The molecule has 0 fully saturated rings. The van der Waals surface area contributed by atoms with Gasteiger partial charge in [0, 0.05) is 12.1 Å². The van der Waals surface area contributed by atoms with Gasteiger partial charge in [0.05, 0.1) is 6.61 Å². The summed E-state index contributed by atoms with van der Waals surface area (Å²) in [7, 11) is 0. The zero-order valence-corrected chi connectivity index (χ0v) is 11.3. The number of nitrogens with two attached hydrogens (primary N) is 1. The van der Waals surface area contributed by atoms with E-state index in [-0.39, 0.29) is 11.3 Å². The van der Waals surface area contributed by atoms with Gasteiger partial charge in [0.25, 0.3) is 5.91 Å². The van der Waals surface area contributed by atoms with Gasteiger partial charge in [-0.15, -0.1) is 0 Å². The minimum absolute atomic E-state index is 0.0625. The normalized spacial score (nSPS) is 11.3. The molecule has 4 nitrogen and oxygen atoms in total. The molecule has 0 unspecified atom stereocenters. The van der Waals surface area contributed by atoms with Crippen molar-refractivity contribution in [3.05, 3.63) is 35.4 Å². The minimum atomic E-state index is -0.0625. The Morgan fingerprint density at radius 2 is 1.89 bits per heavy atom. The summed E-state index contributed by atoms with van der Waals surface area (Å²) in [5.41, 5.74) is 2.00. The van der Waals surface area contributed by atoms with E-state index >= 15 is 0 Å². The van der Waals surface area contributed by atoms with Crippen molar-refractivity contribution >= 4 is 5.91 Å². The van der Waals surface area contributed by atoms with Crippen LogP contribution in [0.25, 0.3) is 0 Å². The molecule has 1 aromatic carbocycles. The molecule has 18 heavy (non-hydrogen) atoms. The van der Waals surface area contributed by atoms with Gasteiger partial charge in [0.15, 0.2) is 0 Å². The van der Waals surface area contributed by atoms with Crippen LogP contribution in [0.5, 0.6) is 0 Å². The molecular formula is C14H22N2O2. The first kappa shape index (κ1) is 14.7. The van der Waals surface area contributed by atoms with E-state index in [1.165, 1.54) is 5.56 Å². The number of benzene rings is 1. The number of rotatable bonds is 5. The fourth-order valence-electron chi connectivity index (χ4n) is 1.58. The van der Waals surface area contributed by atoms with Crippen LogP contribution in [-0.4, -0.2) is 19.1 Å². The van der Waals surface area contributed by atoms with E-state index in [0.29, 0.717) is 25.1 Å². The van der Waals surface area contributed by atoms with E-state index in [4.69, 9.17) is 5.90 Å². The Kier molecular flexibility index (Phi) is 5.31. The third-order valence-electron chi connectivity index (χ3n) is 2.74. The van der Waals surface area contributed by atoms with Crippen LogP contribution in [0.2, 0.25) is 0 Å². The molecule has 0 aliphatic heterocycles. The van der Waals surface area contributed by atoms with E-state index in [0.717, 1.165) is 0 Å². The van der Waals surface area contributed by atoms with Gasteiger partial charge >= 0.3 is 0 Å². The Balaban J connectivity index is 2.54. The largest absolute Gasteiger partial charge is 0.352 e. The topological polar surface area (TPSA) is 64.3 Å². The number of hydrogen-bond donors (Lipinski definition) is 2. The fourth-order valence-corrected chi connectivity index (χ4v) is 1.58. The van der Waals surface area contributed by atoms with Gasteiger partial charge in [-0.25, -0.2) is 5.90 Å². The van der Waals surface area contributed by atoms with E-state index in [9.17, 15) is 4.79 Å². The Hall–Kier alpha value is -1.39. The number of carbonyl (C=O) groups excluding carboxylic acids is 1. The lowest BCUT2D eigenvalue weighted by molar-refractivity contribution is 0.0941. The first-order valence-electron chi connectivity index (χ1n) is 6.15. The molecule has 0 bridgehead atoms. The van der Waals surface area contributed by atoms with Crippen molar-refractivity contribution in [3.8, 4) is 0 Å². The molecule has 0 heterocycles. The standard InChI is InChI=1S/C14H22N2O2/c1-14(2,3)12-7-5-11(6-8-12)13(17)16-9-4-10-18-15/h5-8H,4,9-10,15H2,1-3H3,(H,16,17). The van der Waals surface area contributed by atoms with Crippen molar-refractivity contribution in [2.24, 2.45) is 5.90 Å². The van der Waals surface area contributed by atoms with Crippen LogP contribution < -0.4 is 11.2 Å². The number of nitrogens with one attached hydrogen (secondary N) is 1. The summed E-state index contributed by atoms with van der Waals surface area (Å²) in [5, 5.41) is 2.82. The summed E-state index contributed by atoms with van der Waals surface area (Å²) in [5.74, 6) is 4.84. The maximum absolute atomic E-state index is 11.8. The maximum Gasteiger partial charge on any atom is 0.251 e. The van der Waals surface area contributed by atoms with E-state index in [2.05, 4.69) is 30.9 Å². The van der Waals surface area contributed by atoms with Crippen molar-refractivity contribution < 1.29 is 9.63 Å². The lowest BCUT2D eigenvalue weighted by atomic mass is 9.87. The highest BCUT2D eigenvalue weighted by atomic mass is 16.6. The molecule has 4 heteroatoms. The second kappa shape index (κ2) is 6.52. The minimum Gasteiger partial charge on any atom is -0.352 e. The molecular weight excluding hydrogens is 228 g/mol. The van der Waals surface area contributed by atoms with Gasteiger partial charge in [-0.05, 0) is 29.5 Å². The van der Waals surface area contributed by atoms with Crippen LogP contribution in [0.4, 0.5) is 0 Å². The molecule has 1 amide bonds. The predicted octanol–water partition coefficient (Wildman–Crippen LogP) is 1.99. The van der Waals surface area contributed by atoms with Gasteiger partial charge in [0.2, 0.25) is 0 Å². The lowest BCUT2D eigenvalue weighted by Gasteiger charge is -2.19. The molecule has 100 valence electrons. The highest BCUT2D eigenvalue weighted by molar-refractivity contribution is 5.94. The summed E-state index contributed by atoms with van der Waals surface area (Å²) < 4.78 is 0. The van der Waals surface area contributed by atoms with Gasteiger partial charge in [-0.3, -0.25) is 4.79 Å². The van der Waals surface area contributed by atoms with E-state index in [1.54, 1.807) is 0 Å². The Morgan fingerprint density at radius 3 is 2.39 bits per heavy atom. The molecule has 0 aliphatic rings. The average Bonchev–Trinajstić information content (AvgIpc) is 2.33. The zero-order valence-electron chi connectivity index (χ0n) is 11.3. The quantitative estimate of drug-likeness (QED) is 0.620. The lowest BCUT2D eigenvalue weighted by Crippen LogP contribution is -2.25. The highest BCUT2D eigenvalue weighted by Gasteiger charge is 2.13. The summed E-state index contributed by atoms with van der Waals surface area (Å²) in [4.78, 5) is 16.2. The smallest absolute Gasteiger partial charge is 0.251 e. The van der Waals surface area contributed by atoms with Gasteiger partial charge in [-0.2, -0.15) is 0 Å². The van der Waals surface area contributed by atoms with Crippen LogP contribution in [0, 0.1) is 0 Å². The molecule has 0 saturated heterocycles. The number of hydrogen-bond acceptors (Lipinski definition) is 3. The van der Waals surface area contributed by atoms with Crippen molar-refractivity contribution in [2.75, 3.05) is 13.2 Å². The maximum atomic E-state index is 11.8. The summed E-state index contributed by atoms with van der Waals surface area (Å²) >= 11 is 0. The third-order valence-corrected chi connectivity index (χ3v) is 2.74. The van der Waals surface area contributed by atoms with Crippen LogP contribution in [-0.2, 0) is 10.3 Å². The van der Waals surface area contributed by atoms with Crippen LogP contribution in [0.1, 0.15) is 43.1 Å². The summed E-state index contributed by atoms with van der Waals surface area (Å²) in [6, 6.07) is 7.71. The summed E-state index contributed by atoms with van der Waals surface area (Å²) in [6.07, 6.45) is 0.711. The van der Waals surface area contributed by atoms with Gasteiger partial charge in [-0.1, -0.05) is 32.9 Å². The number of amides is 1. The average molecular weight is 250 g/mol. The number of carbonyl (C=O) groups is 1. The van der Waals surface area contributed by atoms with Crippen LogP contribution in [0.3, 0.4) is 0 Å². The molecule has 0 atom stereocenters. The second-order valence-corrected chi connectivity index (χ2v) is 5.31. The third kappa shape index (κ3) is 4.47. The Bertz CT molecular complexity index is 380. The van der Waals surface area contributed by atoms with Crippen molar-refractivity contribution in [1.82, 2.24) is 5.32 Å². The monoisotopic (exact) mass is 250 g/mol. The van der Waals surface area contributed by atoms with Crippen LogP contribution >= 0.6 is 0 Å². The predicted molar refractivity (Wildman–Crippen MR) is 72.2 cm³/mol. The molecule has 0 spiro atoms. The zero-order chi connectivity index (χ0) is 13.6. The fraction of sp³-hybridized carbons (Fsp3) is 0.500. The van der Waals surface area contributed by atoms with Crippen molar-refractivity contribution in [1.29, 1.82) is 0 Å². The molecule has 0 aliphatic carbocycles. The second-order valence-electron chi connectivity index (χ2n) is 5.31. The Labute approximate surface area is 108 Å². The first-order valence-corrected chi connectivity index (χ1v) is 6.15. The SMILES string of the molecule is CC(C)(C)c1ccc(C(=O)NCCCON)cc1. The first-order chi connectivity index (χ1) is 8.45. The molecule has 0 radical (unpaired) electrons. The summed E-state index contributed by atoms with van der Waals surface area (Å²) in [6.45, 7) is 7.46. The highest BCUT2D eigenvalue weighted by Crippen LogP contribution is 2.22. The molecule has 1 aromatic rings. The van der Waals surface area contributed by atoms with Crippen molar-refractivity contribution in [3.63, 3.8) is 0 Å². The van der Waals surface area contributed by atoms with Gasteiger partial charge in [0.1, 0.15) is 0 Å². The van der Waals surface area contributed by atoms with Crippen LogP contribution in [0.15, 0.2) is 24.3 Å². The molecule has 1 rings (SSSR count). The molecule has 0 saturated carbocycles. The molecule has 3 N–H and O–H groups in total. The Morgan fingerprint density at radius 1 is 1.28 bits per heavy atom. The molecule has 0 aromatic heterocycles. The van der Waals surface area contributed by atoms with Crippen molar-refractivity contribution in [2.45, 2.75) is 32.6 Å². The van der Waals surface area contributed by atoms with E-state index in [1.807, 2.05) is 24.3 Å². The van der Waals surface area contributed by atoms with Gasteiger partial charge < -0.3 is 10.2 Å². The van der Waals surface area contributed by atoms with E-state index < -0.39 is 0 Å².